The van der Waals surface area contributed by atoms with Crippen molar-refractivity contribution in [3.63, 3.8) is 0 Å². The van der Waals surface area contributed by atoms with E-state index in [1.54, 1.807) is 12.1 Å². The first-order valence-electron chi connectivity index (χ1n) is 4.34. The number of rotatable bonds is 4. The van der Waals surface area contributed by atoms with Crippen molar-refractivity contribution < 1.29 is 13.2 Å². The summed E-state index contributed by atoms with van der Waals surface area (Å²) in [5, 5.41) is 8.34. The molecule has 5 heteroatoms. The zero-order chi connectivity index (χ0) is 11.3. The van der Waals surface area contributed by atoms with Gasteiger partial charge in [0.15, 0.2) is 9.84 Å². The Hall–Kier alpha value is -1.54. The van der Waals surface area contributed by atoms with Crippen LogP contribution in [0.1, 0.15) is 6.42 Å². The summed E-state index contributed by atoms with van der Waals surface area (Å²) in [6.07, 6.45) is -0.000453. The molecule has 0 aromatic heterocycles. The second-order valence-electron chi connectivity index (χ2n) is 2.91. The molecule has 1 aromatic rings. The molecule has 1 aromatic carbocycles. The van der Waals surface area contributed by atoms with E-state index in [9.17, 15) is 8.42 Å². The normalized spacial score (nSPS) is 10.7. The van der Waals surface area contributed by atoms with Crippen LogP contribution in [0.2, 0.25) is 0 Å². The Bertz CT molecular complexity index is 474. The maximum Gasteiger partial charge on any atom is 0.179 e. The molecule has 0 atom stereocenters. The largest absolute Gasteiger partial charge is 0.497 e. The molecular formula is C10H11NO3S. The van der Waals surface area contributed by atoms with Crippen molar-refractivity contribution in [2.75, 3.05) is 12.9 Å². The van der Waals surface area contributed by atoms with Gasteiger partial charge in [-0.15, -0.1) is 0 Å². The molecule has 0 saturated heterocycles. The molecular weight excluding hydrogens is 214 g/mol. The monoisotopic (exact) mass is 225 g/mol. The van der Waals surface area contributed by atoms with E-state index in [0.29, 0.717) is 5.75 Å². The zero-order valence-electron chi connectivity index (χ0n) is 8.30. The molecule has 0 unspecified atom stereocenters. The Kier molecular flexibility index (Phi) is 3.69. The van der Waals surface area contributed by atoms with Gasteiger partial charge in [-0.05, 0) is 18.2 Å². The van der Waals surface area contributed by atoms with Crippen LogP contribution in [0.3, 0.4) is 0 Å². The molecule has 0 amide bonds. The molecule has 0 N–H and O–H groups in total. The highest BCUT2D eigenvalue weighted by atomic mass is 32.2. The summed E-state index contributed by atoms with van der Waals surface area (Å²) in [7, 11) is -1.88. The molecule has 0 aliphatic heterocycles. The fourth-order valence-electron chi connectivity index (χ4n) is 1.09. The summed E-state index contributed by atoms with van der Waals surface area (Å²) in [5.41, 5.74) is 0. The van der Waals surface area contributed by atoms with Crippen LogP contribution >= 0.6 is 0 Å². The molecule has 15 heavy (non-hydrogen) atoms. The molecule has 0 spiro atoms. The van der Waals surface area contributed by atoms with Crippen LogP contribution in [0.5, 0.6) is 5.75 Å². The summed E-state index contributed by atoms with van der Waals surface area (Å²) in [6, 6.07) is 8.04. The highest BCUT2D eigenvalue weighted by Crippen LogP contribution is 2.18. The smallest absolute Gasteiger partial charge is 0.179 e. The summed E-state index contributed by atoms with van der Waals surface area (Å²) < 4.78 is 28.2. The molecule has 0 saturated carbocycles. The molecule has 0 radical (unpaired) electrons. The van der Waals surface area contributed by atoms with E-state index in [4.69, 9.17) is 10.00 Å². The molecule has 0 aliphatic carbocycles. The summed E-state index contributed by atoms with van der Waals surface area (Å²) in [5.74, 6) is 0.337. The number of sulfone groups is 1. The lowest BCUT2D eigenvalue weighted by Gasteiger charge is -2.04. The molecule has 1 rings (SSSR count). The predicted molar refractivity (Wildman–Crippen MR) is 55.3 cm³/mol. The third-order valence-corrected chi connectivity index (χ3v) is 3.60. The van der Waals surface area contributed by atoms with Gasteiger partial charge in [0.1, 0.15) is 5.75 Å². The van der Waals surface area contributed by atoms with Gasteiger partial charge in [0.25, 0.3) is 0 Å². The molecule has 0 aliphatic rings. The fourth-order valence-corrected chi connectivity index (χ4v) is 2.27. The van der Waals surface area contributed by atoms with E-state index in [0.717, 1.165) is 0 Å². The van der Waals surface area contributed by atoms with Gasteiger partial charge in [0.2, 0.25) is 0 Å². The number of methoxy groups -OCH3 is 1. The number of nitrogens with zero attached hydrogens (tertiary/aromatic N) is 1. The van der Waals surface area contributed by atoms with Crippen molar-refractivity contribution in [2.45, 2.75) is 11.3 Å². The van der Waals surface area contributed by atoms with Gasteiger partial charge < -0.3 is 4.74 Å². The van der Waals surface area contributed by atoms with Crippen LogP contribution in [-0.2, 0) is 9.84 Å². The highest BCUT2D eigenvalue weighted by molar-refractivity contribution is 7.91. The maximum atomic E-state index is 11.7. The quantitative estimate of drug-likeness (QED) is 0.776. The van der Waals surface area contributed by atoms with Gasteiger partial charge in [-0.3, -0.25) is 0 Å². The van der Waals surface area contributed by atoms with Crippen molar-refractivity contribution >= 4 is 9.84 Å². The standard InChI is InChI=1S/C10H11NO3S/c1-14-9-4-2-5-10(8-9)15(12,13)7-3-6-11/h2,4-5,8H,3,7H2,1H3. The van der Waals surface area contributed by atoms with Crippen molar-refractivity contribution in [1.82, 2.24) is 0 Å². The van der Waals surface area contributed by atoms with E-state index in [2.05, 4.69) is 0 Å². The van der Waals surface area contributed by atoms with Gasteiger partial charge in [0.05, 0.1) is 23.8 Å². The molecule has 80 valence electrons. The number of hydrogen-bond acceptors (Lipinski definition) is 4. The first kappa shape index (κ1) is 11.5. The topological polar surface area (TPSA) is 67.2 Å². The Balaban J connectivity index is 3.00. The lowest BCUT2D eigenvalue weighted by atomic mass is 10.3. The van der Waals surface area contributed by atoms with Crippen LogP contribution in [0.15, 0.2) is 29.2 Å². The summed E-state index contributed by atoms with van der Waals surface area (Å²) in [6.45, 7) is 0. The Morgan fingerprint density at radius 3 is 2.80 bits per heavy atom. The minimum Gasteiger partial charge on any atom is -0.497 e. The zero-order valence-corrected chi connectivity index (χ0v) is 9.12. The third kappa shape index (κ3) is 2.96. The van der Waals surface area contributed by atoms with E-state index in [1.807, 2.05) is 6.07 Å². The first-order valence-corrected chi connectivity index (χ1v) is 5.99. The predicted octanol–water partition coefficient (Wildman–Crippen LogP) is 1.38. The number of ether oxygens (including phenoxy) is 1. The Morgan fingerprint density at radius 2 is 2.20 bits per heavy atom. The summed E-state index contributed by atoms with van der Waals surface area (Å²) >= 11 is 0. The van der Waals surface area contributed by atoms with Gasteiger partial charge in [-0.1, -0.05) is 6.07 Å². The van der Waals surface area contributed by atoms with Gasteiger partial charge >= 0.3 is 0 Å². The Labute approximate surface area is 89.0 Å². The van der Waals surface area contributed by atoms with Crippen molar-refractivity contribution in [3.8, 4) is 11.8 Å². The third-order valence-electron chi connectivity index (χ3n) is 1.88. The summed E-state index contributed by atoms with van der Waals surface area (Å²) in [4.78, 5) is 0.192. The van der Waals surface area contributed by atoms with Gasteiger partial charge in [-0.25, -0.2) is 8.42 Å². The van der Waals surface area contributed by atoms with Crippen molar-refractivity contribution in [1.29, 1.82) is 5.26 Å². The van der Waals surface area contributed by atoms with Crippen LogP contribution < -0.4 is 4.74 Å². The average molecular weight is 225 g/mol. The second-order valence-corrected chi connectivity index (χ2v) is 5.02. The van der Waals surface area contributed by atoms with E-state index < -0.39 is 9.84 Å². The molecule has 0 heterocycles. The minimum absolute atomic E-state index is 0.000453. The van der Waals surface area contributed by atoms with Crippen LogP contribution in [-0.4, -0.2) is 21.3 Å². The number of benzene rings is 1. The molecule has 0 bridgehead atoms. The maximum absolute atomic E-state index is 11.7. The van der Waals surface area contributed by atoms with Crippen LogP contribution in [0, 0.1) is 11.3 Å². The van der Waals surface area contributed by atoms with E-state index >= 15 is 0 Å². The van der Waals surface area contributed by atoms with Crippen LogP contribution in [0.4, 0.5) is 0 Å². The molecule has 0 fully saturated rings. The first-order chi connectivity index (χ1) is 7.10. The average Bonchev–Trinajstić information content (AvgIpc) is 2.26. The van der Waals surface area contributed by atoms with Crippen molar-refractivity contribution in [2.24, 2.45) is 0 Å². The number of nitriles is 1. The molecule has 4 nitrogen and oxygen atoms in total. The minimum atomic E-state index is -3.36. The Morgan fingerprint density at radius 1 is 1.47 bits per heavy atom. The van der Waals surface area contributed by atoms with Crippen LogP contribution in [0.25, 0.3) is 0 Å². The highest BCUT2D eigenvalue weighted by Gasteiger charge is 2.14. The van der Waals surface area contributed by atoms with Crippen molar-refractivity contribution in [3.05, 3.63) is 24.3 Å². The van der Waals surface area contributed by atoms with E-state index in [1.165, 1.54) is 19.2 Å². The van der Waals surface area contributed by atoms with Gasteiger partial charge in [0, 0.05) is 6.42 Å². The van der Waals surface area contributed by atoms with E-state index in [-0.39, 0.29) is 17.1 Å². The fraction of sp³-hybridized carbons (Fsp3) is 0.300. The lowest BCUT2D eigenvalue weighted by Crippen LogP contribution is -2.06. The van der Waals surface area contributed by atoms with Gasteiger partial charge in [-0.2, -0.15) is 5.26 Å². The lowest BCUT2D eigenvalue weighted by molar-refractivity contribution is 0.413. The number of hydrogen-bond donors (Lipinski definition) is 0. The SMILES string of the molecule is COc1cccc(S(=O)(=O)CCC#N)c1. The second kappa shape index (κ2) is 4.80.